The number of hydrogen-bond acceptors (Lipinski definition) is 8. The van der Waals surface area contributed by atoms with Crippen molar-refractivity contribution in [1.29, 1.82) is 0 Å². The highest BCUT2D eigenvalue weighted by molar-refractivity contribution is 6.03. The number of pyridine rings is 1. The summed E-state index contributed by atoms with van der Waals surface area (Å²) in [4.78, 5) is 26.8. The largest absolute Gasteiger partial charge is 0.573 e. The number of anilines is 4. The maximum Gasteiger partial charge on any atom is 0.573 e. The van der Waals surface area contributed by atoms with Gasteiger partial charge in [0.1, 0.15) is 23.3 Å². The van der Waals surface area contributed by atoms with Crippen molar-refractivity contribution in [3.05, 3.63) is 24.0 Å². The molecule has 0 bridgehead atoms. The topological polar surface area (TPSA) is 104 Å². The van der Waals surface area contributed by atoms with Crippen molar-refractivity contribution in [3.63, 3.8) is 0 Å². The Balaban J connectivity index is 1.32. The van der Waals surface area contributed by atoms with Crippen molar-refractivity contribution in [1.82, 2.24) is 15.0 Å². The number of alkyl halides is 3. The minimum Gasteiger partial charge on any atom is -0.404 e. The number of nitrogens with one attached hydrogen (secondary N) is 3. The van der Waals surface area contributed by atoms with Gasteiger partial charge < -0.3 is 25.6 Å². The third-order valence-electron chi connectivity index (χ3n) is 5.41. The summed E-state index contributed by atoms with van der Waals surface area (Å²) >= 11 is 0. The van der Waals surface area contributed by atoms with E-state index in [-0.39, 0.29) is 29.8 Å². The Morgan fingerprint density at radius 3 is 2.55 bits per heavy atom. The van der Waals surface area contributed by atoms with Crippen LogP contribution < -0.4 is 25.6 Å². The Morgan fingerprint density at radius 1 is 1.19 bits per heavy atom. The van der Waals surface area contributed by atoms with Crippen LogP contribution in [-0.2, 0) is 4.79 Å². The SMILES string of the molecule is Cc1nc(N[C@H]2C[C@@H](Nc3ccc(OC(F)(F)F)cn3)C2)nc2c1NC(=O)[C@H](C)N2C. The van der Waals surface area contributed by atoms with E-state index in [9.17, 15) is 18.0 Å². The van der Waals surface area contributed by atoms with E-state index in [1.165, 1.54) is 12.1 Å². The molecular formula is C19H22F3N7O2. The van der Waals surface area contributed by atoms with Gasteiger partial charge in [0.15, 0.2) is 5.82 Å². The number of likely N-dealkylation sites (N-methyl/N-ethyl adjacent to an activating group) is 1. The second-order valence-corrected chi connectivity index (χ2v) is 7.69. The summed E-state index contributed by atoms with van der Waals surface area (Å²) in [5.74, 6) is 1.18. The van der Waals surface area contributed by atoms with Crippen LogP contribution in [-0.4, -0.2) is 52.4 Å². The second-order valence-electron chi connectivity index (χ2n) is 7.69. The second kappa shape index (κ2) is 7.75. The number of amides is 1. The van der Waals surface area contributed by atoms with Gasteiger partial charge in [-0.05, 0) is 38.8 Å². The molecule has 1 aliphatic carbocycles. The van der Waals surface area contributed by atoms with Gasteiger partial charge in [0.05, 0.1) is 11.9 Å². The lowest BCUT2D eigenvalue weighted by molar-refractivity contribution is -0.274. The first-order valence-corrected chi connectivity index (χ1v) is 9.76. The summed E-state index contributed by atoms with van der Waals surface area (Å²) in [6.07, 6.45) is -2.17. The Morgan fingerprint density at radius 2 is 1.90 bits per heavy atom. The Hall–Kier alpha value is -3.31. The van der Waals surface area contributed by atoms with Gasteiger partial charge in [0, 0.05) is 19.1 Å². The van der Waals surface area contributed by atoms with Crippen molar-refractivity contribution in [2.45, 2.75) is 51.2 Å². The minimum absolute atomic E-state index is 0.0954. The number of carbonyl (C=O) groups is 1. The molecule has 3 N–H and O–H groups in total. The van der Waals surface area contributed by atoms with E-state index in [1.807, 2.05) is 18.9 Å². The molecule has 0 aromatic carbocycles. The summed E-state index contributed by atoms with van der Waals surface area (Å²) < 4.78 is 40.4. The van der Waals surface area contributed by atoms with Gasteiger partial charge in [0.25, 0.3) is 0 Å². The molecule has 2 aromatic rings. The first-order chi connectivity index (χ1) is 14.6. The lowest BCUT2D eigenvalue weighted by Gasteiger charge is -2.37. The highest BCUT2D eigenvalue weighted by Crippen LogP contribution is 2.33. The van der Waals surface area contributed by atoms with E-state index in [2.05, 4.69) is 35.6 Å². The van der Waals surface area contributed by atoms with E-state index < -0.39 is 6.36 Å². The first kappa shape index (κ1) is 20.9. The van der Waals surface area contributed by atoms with Gasteiger partial charge in [0.2, 0.25) is 11.9 Å². The molecule has 1 saturated carbocycles. The smallest absolute Gasteiger partial charge is 0.404 e. The zero-order valence-electron chi connectivity index (χ0n) is 17.1. The summed E-state index contributed by atoms with van der Waals surface area (Å²) in [7, 11) is 1.82. The van der Waals surface area contributed by atoms with Gasteiger partial charge in [-0.15, -0.1) is 13.2 Å². The molecule has 0 unspecified atom stereocenters. The van der Waals surface area contributed by atoms with Crippen LogP contribution in [0.3, 0.4) is 0 Å². The van der Waals surface area contributed by atoms with Crippen LogP contribution in [0.15, 0.2) is 18.3 Å². The number of fused-ring (bicyclic) bond motifs is 1. The highest BCUT2D eigenvalue weighted by Gasteiger charge is 2.33. The number of hydrogen-bond donors (Lipinski definition) is 3. The average molecular weight is 437 g/mol. The van der Waals surface area contributed by atoms with Crippen LogP contribution in [0.4, 0.5) is 36.4 Å². The number of aromatic nitrogens is 3. The van der Waals surface area contributed by atoms with Crippen molar-refractivity contribution < 1.29 is 22.7 Å². The van der Waals surface area contributed by atoms with E-state index in [0.29, 0.717) is 29.0 Å². The van der Waals surface area contributed by atoms with Crippen LogP contribution in [0.2, 0.25) is 0 Å². The molecule has 0 saturated heterocycles. The van der Waals surface area contributed by atoms with Crippen LogP contribution in [0.25, 0.3) is 0 Å². The van der Waals surface area contributed by atoms with Crippen molar-refractivity contribution >= 4 is 29.2 Å². The molecule has 166 valence electrons. The normalized spacial score (nSPS) is 22.8. The molecular weight excluding hydrogens is 415 g/mol. The number of nitrogens with zero attached hydrogens (tertiary/aromatic N) is 4. The summed E-state index contributed by atoms with van der Waals surface area (Å²) in [6, 6.07) is 2.61. The van der Waals surface area contributed by atoms with E-state index in [1.54, 1.807) is 6.92 Å². The summed E-state index contributed by atoms with van der Waals surface area (Å²) in [5.41, 5.74) is 1.30. The standard InChI is InChI=1S/C19H22F3N7O2/c1-9-15-16(29(3)10(2)17(30)27-15)28-18(24-9)26-12-6-11(7-12)25-14-5-4-13(8-23-14)31-19(20,21)22/h4-5,8,10-12H,6-7H2,1-3H3,(H,23,25)(H,27,30)(H,24,26,28)/t10-,11-,12+/m0/s1. The molecule has 3 heterocycles. The fourth-order valence-corrected chi connectivity index (χ4v) is 3.52. The Labute approximate surface area is 176 Å². The quantitative estimate of drug-likeness (QED) is 0.656. The predicted octanol–water partition coefficient (Wildman–Crippen LogP) is 2.91. The molecule has 1 atom stereocenters. The summed E-state index contributed by atoms with van der Waals surface area (Å²) in [6.45, 7) is 3.62. The number of ether oxygens (including phenoxy) is 1. The van der Waals surface area contributed by atoms with Gasteiger partial charge in [-0.3, -0.25) is 4.79 Å². The van der Waals surface area contributed by atoms with E-state index >= 15 is 0 Å². The lowest BCUT2D eigenvalue weighted by atomic mass is 9.87. The zero-order chi connectivity index (χ0) is 22.3. The van der Waals surface area contributed by atoms with E-state index in [0.717, 1.165) is 19.0 Å². The van der Waals surface area contributed by atoms with Gasteiger partial charge in [-0.1, -0.05) is 0 Å². The number of halogens is 3. The molecule has 2 aromatic heterocycles. The molecule has 1 amide bonds. The van der Waals surface area contributed by atoms with Crippen LogP contribution in [0.5, 0.6) is 5.75 Å². The molecule has 1 fully saturated rings. The Bertz CT molecular complexity index is 978. The molecule has 9 nitrogen and oxygen atoms in total. The summed E-state index contributed by atoms with van der Waals surface area (Å²) in [5, 5.41) is 9.32. The number of aryl methyl sites for hydroxylation is 1. The van der Waals surface area contributed by atoms with Gasteiger partial charge >= 0.3 is 6.36 Å². The monoisotopic (exact) mass is 437 g/mol. The fourth-order valence-electron chi connectivity index (χ4n) is 3.52. The van der Waals surface area contributed by atoms with Crippen LogP contribution >= 0.6 is 0 Å². The maximum absolute atomic E-state index is 12.2. The Kier molecular flexibility index (Phi) is 5.23. The van der Waals surface area contributed by atoms with Crippen molar-refractivity contribution in [2.24, 2.45) is 0 Å². The van der Waals surface area contributed by atoms with Crippen LogP contribution in [0.1, 0.15) is 25.5 Å². The molecule has 0 radical (unpaired) electrons. The zero-order valence-corrected chi connectivity index (χ0v) is 17.1. The average Bonchev–Trinajstić information content (AvgIpc) is 2.66. The van der Waals surface area contributed by atoms with Crippen LogP contribution in [0, 0.1) is 6.92 Å². The minimum atomic E-state index is -4.74. The molecule has 31 heavy (non-hydrogen) atoms. The number of rotatable bonds is 5. The molecule has 2 aliphatic rings. The highest BCUT2D eigenvalue weighted by atomic mass is 19.4. The van der Waals surface area contributed by atoms with Crippen molar-refractivity contribution in [3.8, 4) is 5.75 Å². The van der Waals surface area contributed by atoms with E-state index in [4.69, 9.17) is 0 Å². The maximum atomic E-state index is 12.2. The molecule has 0 spiro atoms. The predicted molar refractivity (Wildman–Crippen MR) is 108 cm³/mol. The molecule has 1 aliphatic heterocycles. The fraction of sp³-hybridized carbons (Fsp3) is 0.474. The lowest BCUT2D eigenvalue weighted by Crippen LogP contribution is -2.46. The number of carbonyl (C=O) groups excluding carboxylic acids is 1. The molecule has 4 rings (SSSR count). The first-order valence-electron chi connectivity index (χ1n) is 9.76. The van der Waals surface area contributed by atoms with Gasteiger partial charge in [-0.25, -0.2) is 9.97 Å². The van der Waals surface area contributed by atoms with Gasteiger partial charge in [-0.2, -0.15) is 4.98 Å². The third kappa shape index (κ3) is 4.57. The molecule has 12 heteroatoms. The third-order valence-corrected chi connectivity index (χ3v) is 5.41. The van der Waals surface area contributed by atoms with Crippen molar-refractivity contribution in [2.75, 3.05) is 27.9 Å².